The van der Waals surface area contributed by atoms with Crippen molar-refractivity contribution in [3.8, 4) is 0 Å². The second kappa shape index (κ2) is 4.25. The third kappa shape index (κ3) is 1.82. The largest absolute Gasteiger partial charge is 0.469 e. The molecule has 100 valence electrons. The van der Waals surface area contributed by atoms with E-state index in [1.54, 1.807) is 0 Å². The summed E-state index contributed by atoms with van der Waals surface area (Å²) in [5, 5.41) is 3.13. The normalized spacial score (nSPS) is 44.8. The SMILES string of the molecule is COC(=O)[C@@H]1[C@H]2CC[C@@H](C2)[C@@H]1NC(=O)[C@@H]1C[C@H]1C. The summed E-state index contributed by atoms with van der Waals surface area (Å²) in [6.45, 7) is 2.10. The van der Waals surface area contributed by atoms with Crippen molar-refractivity contribution in [3.63, 3.8) is 0 Å². The van der Waals surface area contributed by atoms with Crippen LogP contribution in [-0.4, -0.2) is 25.0 Å². The summed E-state index contributed by atoms with van der Waals surface area (Å²) < 4.78 is 4.91. The number of carbonyl (C=O) groups excluding carboxylic acids is 2. The van der Waals surface area contributed by atoms with Crippen LogP contribution in [-0.2, 0) is 14.3 Å². The molecule has 3 saturated carbocycles. The fraction of sp³-hybridized carbons (Fsp3) is 0.857. The van der Waals surface area contributed by atoms with Gasteiger partial charge in [0.15, 0.2) is 0 Å². The van der Waals surface area contributed by atoms with Gasteiger partial charge in [-0.2, -0.15) is 0 Å². The quantitative estimate of drug-likeness (QED) is 0.770. The molecular weight excluding hydrogens is 230 g/mol. The summed E-state index contributed by atoms with van der Waals surface area (Å²) >= 11 is 0. The van der Waals surface area contributed by atoms with Gasteiger partial charge >= 0.3 is 5.97 Å². The number of carbonyl (C=O) groups is 2. The summed E-state index contributed by atoms with van der Waals surface area (Å²) in [4.78, 5) is 23.9. The van der Waals surface area contributed by atoms with E-state index < -0.39 is 0 Å². The van der Waals surface area contributed by atoms with Gasteiger partial charge in [0.25, 0.3) is 0 Å². The standard InChI is InChI=1S/C14H21NO3/c1-7-5-10(7)13(16)15-12-9-4-3-8(6-9)11(12)14(17)18-2/h7-12H,3-6H2,1-2H3,(H,15,16)/t7-,8+,9+,10-,11-,12+/m1/s1. The van der Waals surface area contributed by atoms with Crippen LogP contribution in [0.15, 0.2) is 0 Å². The van der Waals surface area contributed by atoms with Crippen LogP contribution in [0.2, 0.25) is 0 Å². The van der Waals surface area contributed by atoms with Gasteiger partial charge in [0, 0.05) is 12.0 Å². The lowest BCUT2D eigenvalue weighted by molar-refractivity contribution is -0.148. The van der Waals surface area contributed by atoms with E-state index in [0.717, 1.165) is 25.7 Å². The number of fused-ring (bicyclic) bond motifs is 2. The van der Waals surface area contributed by atoms with Crippen LogP contribution in [0.5, 0.6) is 0 Å². The second-order valence-corrected chi connectivity index (χ2v) is 6.24. The topological polar surface area (TPSA) is 55.4 Å². The third-order valence-corrected chi connectivity index (χ3v) is 5.14. The first-order valence-corrected chi connectivity index (χ1v) is 7.00. The van der Waals surface area contributed by atoms with Gasteiger partial charge in [0.05, 0.1) is 13.0 Å². The van der Waals surface area contributed by atoms with Crippen LogP contribution >= 0.6 is 0 Å². The van der Waals surface area contributed by atoms with Gasteiger partial charge in [-0.3, -0.25) is 9.59 Å². The number of rotatable bonds is 3. The number of esters is 1. The van der Waals surface area contributed by atoms with Crippen LogP contribution in [0.1, 0.15) is 32.6 Å². The molecule has 0 aromatic heterocycles. The molecule has 4 heteroatoms. The lowest BCUT2D eigenvalue weighted by atomic mass is 9.84. The van der Waals surface area contributed by atoms with Gasteiger partial charge in [-0.15, -0.1) is 0 Å². The molecule has 4 nitrogen and oxygen atoms in total. The van der Waals surface area contributed by atoms with E-state index in [-0.39, 0.29) is 29.8 Å². The second-order valence-electron chi connectivity index (χ2n) is 6.24. The van der Waals surface area contributed by atoms with Crippen LogP contribution < -0.4 is 5.32 Å². The minimum absolute atomic E-state index is 0.0245. The minimum atomic E-state index is -0.142. The van der Waals surface area contributed by atoms with Gasteiger partial charge in [0.1, 0.15) is 0 Å². The minimum Gasteiger partial charge on any atom is -0.469 e. The Kier molecular flexibility index (Phi) is 2.83. The molecule has 0 unspecified atom stereocenters. The van der Waals surface area contributed by atoms with E-state index in [1.807, 2.05) is 0 Å². The van der Waals surface area contributed by atoms with Crippen LogP contribution in [0.3, 0.4) is 0 Å². The summed E-state index contributed by atoms with van der Waals surface area (Å²) in [6, 6.07) is 0.0245. The van der Waals surface area contributed by atoms with E-state index in [4.69, 9.17) is 4.74 Å². The Morgan fingerprint density at radius 2 is 1.83 bits per heavy atom. The molecule has 0 aliphatic heterocycles. The average molecular weight is 251 g/mol. The van der Waals surface area contributed by atoms with E-state index in [2.05, 4.69) is 12.2 Å². The number of ether oxygens (including phenoxy) is 1. The molecule has 18 heavy (non-hydrogen) atoms. The number of nitrogens with one attached hydrogen (secondary N) is 1. The molecule has 0 spiro atoms. The molecule has 2 bridgehead atoms. The van der Waals surface area contributed by atoms with Crippen LogP contribution in [0.25, 0.3) is 0 Å². The van der Waals surface area contributed by atoms with Crippen molar-refractivity contribution in [2.75, 3.05) is 7.11 Å². The Morgan fingerprint density at radius 3 is 2.44 bits per heavy atom. The molecule has 3 rings (SSSR count). The number of hydrogen-bond acceptors (Lipinski definition) is 3. The van der Waals surface area contributed by atoms with Crippen molar-refractivity contribution in [1.29, 1.82) is 0 Å². The fourth-order valence-corrected chi connectivity index (χ4v) is 3.93. The van der Waals surface area contributed by atoms with Gasteiger partial charge < -0.3 is 10.1 Å². The first-order chi connectivity index (χ1) is 8.61. The molecule has 3 aliphatic rings. The zero-order valence-corrected chi connectivity index (χ0v) is 11.0. The Hall–Kier alpha value is -1.06. The highest BCUT2D eigenvalue weighted by molar-refractivity contribution is 5.83. The Morgan fingerprint density at radius 1 is 1.17 bits per heavy atom. The van der Waals surface area contributed by atoms with Gasteiger partial charge in [-0.1, -0.05) is 6.92 Å². The first kappa shape index (κ1) is 12.0. The summed E-state index contributed by atoms with van der Waals surface area (Å²) in [7, 11) is 1.44. The highest BCUT2D eigenvalue weighted by atomic mass is 16.5. The molecular formula is C14H21NO3. The van der Waals surface area contributed by atoms with Crippen molar-refractivity contribution < 1.29 is 14.3 Å². The van der Waals surface area contributed by atoms with Gasteiger partial charge in [0.2, 0.25) is 5.91 Å². The maximum absolute atomic E-state index is 12.0. The number of amides is 1. The van der Waals surface area contributed by atoms with E-state index in [1.165, 1.54) is 7.11 Å². The van der Waals surface area contributed by atoms with Gasteiger partial charge in [-0.25, -0.2) is 0 Å². The van der Waals surface area contributed by atoms with Gasteiger partial charge in [-0.05, 0) is 43.4 Å². The third-order valence-electron chi connectivity index (χ3n) is 5.14. The van der Waals surface area contributed by atoms with Crippen molar-refractivity contribution in [2.24, 2.45) is 29.6 Å². The first-order valence-electron chi connectivity index (χ1n) is 7.00. The van der Waals surface area contributed by atoms with Crippen molar-refractivity contribution in [2.45, 2.75) is 38.6 Å². The molecule has 3 aliphatic carbocycles. The molecule has 0 radical (unpaired) electrons. The van der Waals surface area contributed by atoms with Crippen LogP contribution in [0.4, 0.5) is 0 Å². The van der Waals surface area contributed by atoms with Crippen LogP contribution in [0, 0.1) is 29.6 Å². The lowest BCUT2D eigenvalue weighted by Crippen LogP contribution is -2.47. The Labute approximate surface area is 107 Å². The molecule has 0 heterocycles. The lowest BCUT2D eigenvalue weighted by Gasteiger charge is -2.29. The highest BCUT2D eigenvalue weighted by Crippen LogP contribution is 2.49. The molecule has 6 atom stereocenters. The molecule has 1 amide bonds. The Bertz CT molecular complexity index is 381. The molecule has 0 aromatic carbocycles. The molecule has 0 aromatic rings. The zero-order chi connectivity index (χ0) is 12.9. The fourth-order valence-electron chi connectivity index (χ4n) is 3.93. The van der Waals surface area contributed by atoms with E-state index in [0.29, 0.717) is 17.8 Å². The monoisotopic (exact) mass is 251 g/mol. The summed E-state index contributed by atoms with van der Waals surface area (Å²) in [5.74, 6) is 1.50. The molecule has 3 fully saturated rings. The average Bonchev–Trinajstić information content (AvgIpc) is 2.80. The maximum Gasteiger partial charge on any atom is 0.311 e. The van der Waals surface area contributed by atoms with Crippen molar-refractivity contribution in [3.05, 3.63) is 0 Å². The molecule has 0 saturated heterocycles. The highest BCUT2D eigenvalue weighted by Gasteiger charge is 2.53. The summed E-state index contributed by atoms with van der Waals surface area (Å²) in [6.07, 6.45) is 4.32. The predicted molar refractivity (Wildman–Crippen MR) is 65.5 cm³/mol. The smallest absolute Gasteiger partial charge is 0.311 e. The Balaban J connectivity index is 1.69. The molecule has 1 N–H and O–H groups in total. The van der Waals surface area contributed by atoms with E-state index in [9.17, 15) is 9.59 Å². The number of methoxy groups -OCH3 is 1. The predicted octanol–water partition coefficient (Wildman–Crippen LogP) is 1.35. The van der Waals surface area contributed by atoms with Crippen molar-refractivity contribution >= 4 is 11.9 Å². The number of hydrogen-bond donors (Lipinski definition) is 1. The zero-order valence-electron chi connectivity index (χ0n) is 11.0. The van der Waals surface area contributed by atoms with Crippen molar-refractivity contribution in [1.82, 2.24) is 5.32 Å². The van der Waals surface area contributed by atoms with E-state index >= 15 is 0 Å². The maximum atomic E-state index is 12.0. The summed E-state index contributed by atoms with van der Waals surface area (Å²) in [5.41, 5.74) is 0.